The molecule has 1 aromatic carbocycles. The van der Waals surface area contributed by atoms with Crippen molar-refractivity contribution < 1.29 is 4.92 Å². The van der Waals surface area contributed by atoms with Gasteiger partial charge in [-0.2, -0.15) is 10.4 Å². The van der Waals surface area contributed by atoms with Crippen molar-refractivity contribution in [2.45, 2.75) is 13.8 Å². The first-order valence-corrected chi connectivity index (χ1v) is 4.99. The predicted octanol–water partition coefficient (Wildman–Crippen LogP) is 2.54. The van der Waals surface area contributed by atoms with Crippen LogP contribution in [0.15, 0.2) is 29.4 Å². The largest absolute Gasteiger partial charge is 0.294 e. The zero-order chi connectivity index (χ0) is 12.8. The Balaban J connectivity index is 2.90. The minimum atomic E-state index is -0.485. The van der Waals surface area contributed by atoms with E-state index >= 15 is 0 Å². The highest BCUT2D eigenvalue weighted by Gasteiger charge is 2.11. The third-order valence-corrected chi connectivity index (χ3v) is 2.27. The maximum Gasteiger partial charge on any atom is 0.294 e. The molecular weight excluding hydrogens is 220 g/mol. The Morgan fingerprint density at radius 1 is 1.59 bits per heavy atom. The summed E-state index contributed by atoms with van der Waals surface area (Å²) in [6, 6.07) is 8.24. The van der Waals surface area contributed by atoms with Crippen LogP contribution in [0.4, 0.5) is 11.4 Å². The van der Waals surface area contributed by atoms with Gasteiger partial charge in [-0.15, -0.1) is 0 Å². The van der Waals surface area contributed by atoms with Crippen LogP contribution in [0.5, 0.6) is 0 Å². The van der Waals surface area contributed by atoms with E-state index in [1.807, 2.05) is 6.07 Å². The van der Waals surface area contributed by atoms with Gasteiger partial charge in [0.2, 0.25) is 0 Å². The molecule has 6 nitrogen and oxygen atoms in total. The van der Waals surface area contributed by atoms with E-state index in [1.54, 1.807) is 32.0 Å². The molecule has 0 radical (unpaired) electrons. The topological polar surface area (TPSA) is 91.3 Å². The van der Waals surface area contributed by atoms with Crippen molar-refractivity contribution in [2.24, 2.45) is 11.0 Å². The van der Waals surface area contributed by atoms with Crippen LogP contribution >= 0.6 is 0 Å². The zero-order valence-corrected chi connectivity index (χ0v) is 9.54. The normalized spacial score (nSPS) is 12.6. The van der Waals surface area contributed by atoms with Crippen LogP contribution in [-0.2, 0) is 0 Å². The van der Waals surface area contributed by atoms with E-state index < -0.39 is 4.92 Å². The fraction of sp³-hybridized carbons (Fsp3) is 0.273. The van der Waals surface area contributed by atoms with Crippen molar-refractivity contribution in [1.29, 1.82) is 5.26 Å². The molecule has 1 N–H and O–H groups in total. The van der Waals surface area contributed by atoms with Gasteiger partial charge < -0.3 is 0 Å². The molecule has 0 fully saturated rings. The van der Waals surface area contributed by atoms with Crippen LogP contribution in [0.2, 0.25) is 0 Å². The molecule has 0 spiro atoms. The van der Waals surface area contributed by atoms with Gasteiger partial charge in [0.1, 0.15) is 5.69 Å². The van der Waals surface area contributed by atoms with E-state index in [4.69, 9.17) is 5.26 Å². The van der Waals surface area contributed by atoms with E-state index in [9.17, 15) is 10.1 Å². The van der Waals surface area contributed by atoms with Gasteiger partial charge in [-0.05, 0) is 19.9 Å². The average molecular weight is 232 g/mol. The molecule has 0 saturated carbocycles. The van der Waals surface area contributed by atoms with Gasteiger partial charge in [-0.3, -0.25) is 15.5 Å². The Hall–Kier alpha value is -2.42. The van der Waals surface area contributed by atoms with Gasteiger partial charge >= 0.3 is 0 Å². The summed E-state index contributed by atoms with van der Waals surface area (Å²) in [6.07, 6.45) is 0. The summed E-state index contributed by atoms with van der Waals surface area (Å²) in [4.78, 5) is 10.2. The second-order valence-corrected chi connectivity index (χ2v) is 3.49. The van der Waals surface area contributed by atoms with E-state index in [0.717, 1.165) is 0 Å². The number of nitro groups is 1. The van der Waals surface area contributed by atoms with Crippen molar-refractivity contribution in [3.05, 3.63) is 34.4 Å². The summed E-state index contributed by atoms with van der Waals surface area (Å²) in [5.41, 5.74) is 3.44. The lowest BCUT2D eigenvalue weighted by molar-refractivity contribution is -0.384. The van der Waals surface area contributed by atoms with Crippen LogP contribution < -0.4 is 5.43 Å². The summed E-state index contributed by atoms with van der Waals surface area (Å²) in [6.45, 7) is 3.40. The summed E-state index contributed by atoms with van der Waals surface area (Å²) in [5.74, 6) is -0.328. The molecule has 6 heteroatoms. The second-order valence-electron chi connectivity index (χ2n) is 3.49. The van der Waals surface area contributed by atoms with E-state index in [1.165, 1.54) is 6.07 Å². The van der Waals surface area contributed by atoms with Crippen LogP contribution in [-0.4, -0.2) is 10.6 Å². The number of rotatable bonds is 4. The molecule has 0 aliphatic carbocycles. The maximum absolute atomic E-state index is 10.7. The average Bonchev–Trinajstić information content (AvgIpc) is 2.35. The fourth-order valence-corrected chi connectivity index (χ4v) is 1.07. The van der Waals surface area contributed by atoms with Crippen molar-refractivity contribution in [2.75, 3.05) is 5.43 Å². The Bertz CT molecular complexity index is 490. The third kappa shape index (κ3) is 3.28. The van der Waals surface area contributed by atoms with E-state index in [0.29, 0.717) is 11.4 Å². The maximum atomic E-state index is 10.7. The van der Waals surface area contributed by atoms with Gasteiger partial charge in [0, 0.05) is 6.07 Å². The Kier molecular flexibility index (Phi) is 4.17. The highest BCUT2D eigenvalue weighted by molar-refractivity contribution is 5.87. The molecule has 1 unspecified atom stereocenters. The summed E-state index contributed by atoms with van der Waals surface area (Å²) in [7, 11) is 0. The highest BCUT2D eigenvalue weighted by atomic mass is 16.6. The first-order chi connectivity index (χ1) is 8.06. The molecule has 0 bridgehead atoms. The number of nitriles is 1. The van der Waals surface area contributed by atoms with Gasteiger partial charge in [-0.1, -0.05) is 12.1 Å². The molecule has 0 aromatic heterocycles. The number of nitro benzene ring substituents is 1. The number of para-hydroxylation sites is 2. The Labute approximate surface area is 98.7 Å². The van der Waals surface area contributed by atoms with Crippen molar-refractivity contribution in [3.63, 3.8) is 0 Å². The van der Waals surface area contributed by atoms with Gasteiger partial charge in [0.15, 0.2) is 0 Å². The molecular formula is C11H12N4O2. The molecule has 0 heterocycles. The van der Waals surface area contributed by atoms with Crippen LogP contribution in [0.1, 0.15) is 13.8 Å². The minimum Gasteiger partial charge on any atom is -0.272 e. The Morgan fingerprint density at radius 2 is 2.24 bits per heavy atom. The summed E-state index contributed by atoms with van der Waals surface area (Å²) in [5, 5.41) is 23.3. The molecule has 0 aliphatic rings. The van der Waals surface area contributed by atoms with Crippen molar-refractivity contribution >= 4 is 17.1 Å². The van der Waals surface area contributed by atoms with Crippen LogP contribution in [0.3, 0.4) is 0 Å². The standard InChI is InChI=1S/C11H12N4O2/c1-8(7-12)9(2)13-14-10-5-3-4-6-11(10)15(16)17/h3-6,8,14H,1-2H3/b13-9-. The molecule has 0 aliphatic heterocycles. The van der Waals surface area contributed by atoms with Crippen molar-refractivity contribution in [1.82, 2.24) is 0 Å². The lowest BCUT2D eigenvalue weighted by atomic mass is 10.1. The number of hydrogen-bond donors (Lipinski definition) is 1. The molecule has 1 rings (SSSR count). The molecule has 0 saturated heterocycles. The quantitative estimate of drug-likeness (QED) is 0.490. The van der Waals surface area contributed by atoms with Crippen LogP contribution in [0.25, 0.3) is 0 Å². The number of hydrogen-bond acceptors (Lipinski definition) is 5. The van der Waals surface area contributed by atoms with Crippen LogP contribution in [0, 0.1) is 27.4 Å². The first-order valence-electron chi connectivity index (χ1n) is 4.99. The zero-order valence-electron chi connectivity index (χ0n) is 9.54. The minimum absolute atomic E-state index is 0.0475. The number of benzene rings is 1. The lowest BCUT2D eigenvalue weighted by Crippen LogP contribution is -2.07. The van der Waals surface area contributed by atoms with Crippen molar-refractivity contribution in [3.8, 4) is 6.07 Å². The monoisotopic (exact) mass is 232 g/mol. The predicted molar refractivity (Wildman–Crippen MR) is 64.6 cm³/mol. The molecule has 0 amide bonds. The fourth-order valence-electron chi connectivity index (χ4n) is 1.07. The van der Waals surface area contributed by atoms with Gasteiger partial charge in [-0.25, -0.2) is 0 Å². The van der Waals surface area contributed by atoms with E-state index in [-0.39, 0.29) is 11.6 Å². The second kappa shape index (κ2) is 5.61. The number of anilines is 1. The molecule has 17 heavy (non-hydrogen) atoms. The molecule has 88 valence electrons. The molecule has 1 aromatic rings. The van der Waals surface area contributed by atoms with Gasteiger partial charge in [0.25, 0.3) is 5.69 Å². The summed E-state index contributed by atoms with van der Waals surface area (Å²) >= 11 is 0. The Morgan fingerprint density at radius 3 is 2.82 bits per heavy atom. The SMILES string of the molecule is C/C(=N/Nc1ccccc1[N+](=O)[O-])C(C)C#N. The number of nitrogens with zero attached hydrogens (tertiary/aromatic N) is 3. The third-order valence-electron chi connectivity index (χ3n) is 2.27. The molecule has 1 atom stereocenters. The summed E-state index contributed by atoms with van der Waals surface area (Å²) < 4.78 is 0. The van der Waals surface area contributed by atoms with E-state index in [2.05, 4.69) is 10.5 Å². The van der Waals surface area contributed by atoms with Gasteiger partial charge in [0.05, 0.1) is 22.6 Å². The highest BCUT2D eigenvalue weighted by Crippen LogP contribution is 2.23. The number of nitrogens with one attached hydrogen (secondary N) is 1. The lowest BCUT2D eigenvalue weighted by Gasteiger charge is -2.04. The smallest absolute Gasteiger partial charge is 0.272 e. The number of hydrazone groups is 1. The first kappa shape index (κ1) is 12.6.